The largest absolute Gasteiger partial charge is 0.497 e. The summed E-state index contributed by atoms with van der Waals surface area (Å²) in [5.74, 6) is 1.27. The van der Waals surface area contributed by atoms with Crippen molar-refractivity contribution < 1.29 is 9.53 Å². The summed E-state index contributed by atoms with van der Waals surface area (Å²) in [5, 5.41) is 10.2. The molecule has 1 amide bonds. The molecule has 1 aliphatic carbocycles. The quantitative estimate of drug-likeness (QED) is 0.909. The number of carbonyl (C=O) groups excluding carboxylic acids is 1. The Morgan fingerprint density at radius 1 is 1.26 bits per heavy atom. The van der Waals surface area contributed by atoms with Gasteiger partial charge in [-0.1, -0.05) is 19.8 Å². The highest BCUT2D eigenvalue weighted by atomic mass is 16.5. The molecule has 2 atom stereocenters. The number of aromatic nitrogens is 2. The van der Waals surface area contributed by atoms with Crippen LogP contribution in [0.1, 0.15) is 43.0 Å². The molecular weight excluding hydrogens is 290 g/mol. The minimum atomic E-state index is -0.0525. The monoisotopic (exact) mass is 313 g/mol. The Bertz CT molecular complexity index is 663. The van der Waals surface area contributed by atoms with E-state index >= 15 is 0 Å². The minimum Gasteiger partial charge on any atom is -0.497 e. The SMILES string of the molecule is COc1ccc(-c2[nH]ncc2C(=O)NC2CCCCC2C)cc1. The zero-order valence-corrected chi connectivity index (χ0v) is 13.6. The maximum atomic E-state index is 12.6. The predicted molar refractivity (Wildman–Crippen MR) is 89.5 cm³/mol. The van der Waals surface area contributed by atoms with Crippen LogP contribution in [0.25, 0.3) is 11.3 Å². The maximum Gasteiger partial charge on any atom is 0.255 e. The molecule has 0 bridgehead atoms. The van der Waals surface area contributed by atoms with E-state index in [1.54, 1.807) is 13.3 Å². The molecule has 2 aromatic rings. The van der Waals surface area contributed by atoms with E-state index in [0.717, 1.165) is 23.4 Å². The fourth-order valence-corrected chi connectivity index (χ4v) is 3.21. The first kappa shape index (κ1) is 15.6. The Balaban J connectivity index is 1.78. The summed E-state index contributed by atoms with van der Waals surface area (Å²) in [4.78, 5) is 12.6. The molecule has 122 valence electrons. The lowest BCUT2D eigenvalue weighted by Gasteiger charge is -2.29. The average Bonchev–Trinajstić information content (AvgIpc) is 3.07. The van der Waals surface area contributed by atoms with Gasteiger partial charge in [-0.15, -0.1) is 0 Å². The molecule has 0 spiro atoms. The van der Waals surface area contributed by atoms with Gasteiger partial charge in [-0.2, -0.15) is 5.10 Å². The number of nitrogens with one attached hydrogen (secondary N) is 2. The number of rotatable bonds is 4. The number of hydrogen-bond donors (Lipinski definition) is 2. The summed E-state index contributed by atoms with van der Waals surface area (Å²) in [6.07, 6.45) is 6.29. The van der Waals surface area contributed by atoms with Gasteiger partial charge in [-0.3, -0.25) is 9.89 Å². The zero-order valence-electron chi connectivity index (χ0n) is 13.6. The fraction of sp³-hybridized carbons (Fsp3) is 0.444. The second kappa shape index (κ2) is 6.86. The van der Waals surface area contributed by atoms with Gasteiger partial charge >= 0.3 is 0 Å². The van der Waals surface area contributed by atoms with Crippen LogP contribution in [-0.2, 0) is 0 Å². The molecule has 5 heteroatoms. The fourth-order valence-electron chi connectivity index (χ4n) is 3.21. The van der Waals surface area contributed by atoms with Crippen molar-refractivity contribution in [1.29, 1.82) is 0 Å². The van der Waals surface area contributed by atoms with Gasteiger partial charge in [-0.25, -0.2) is 0 Å². The Kier molecular flexibility index (Phi) is 4.65. The van der Waals surface area contributed by atoms with E-state index in [4.69, 9.17) is 4.74 Å². The van der Waals surface area contributed by atoms with Crippen LogP contribution in [0, 0.1) is 5.92 Å². The summed E-state index contributed by atoms with van der Waals surface area (Å²) < 4.78 is 5.17. The second-order valence-corrected chi connectivity index (χ2v) is 6.23. The van der Waals surface area contributed by atoms with E-state index in [9.17, 15) is 4.79 Å². The number of carbonyl (C=O) groups is 1. The highest BCUT2D eigenvalue weighted by molar-refractivity contribution is 5.99. The highest BCUT2D eigenvalue weighted by Gasteiger charge is 2.25. The second-order valence-electron chi connectivity index (χ2n) is 6.23. The standard InChI is InChI=1S/C18H23N3O2/c1-12-5-3-4-6-16(12)20-18(22)15-11-19-21-17(15)13-7-9-14(23-2)10-8-13/h7-12,16H,3-6H2,1-2H3,(H,19,21)(H,20,22). The van der Waals surface area contributed by atoms with E-state index in [1.807, 2.05) is 24.3 Å². The van der Waals surface area contributed by atoms with Crippen molar-refractivity contribution in [1.82, 2.24) is 15.5 Å². The normalized spacial score (nSPS) is 21.0. The van der Waals surface area contributed by atoms with Crippen molar-refractivity contribution in [3.8, 4) is 17.0 Å². The van der Waals surface area contributed by atoms with Crippen molar-refractivity contribution in [3.05, 3.63) is 36.0 Å². The summed E-state index contributed by atoms with van der Waals surface area (Å²) >= 11 is 0. The summed E-state index contributed by atoms with van der Waals surface area (Å²) in [5.41, 5.74) is 2.26. The Morgan fingerprint density at radius 2 is 2.00 bits per heavy atom. The van der Waals surface area contributed by atoms with Crippen molar-refractivity contribution in [2.45, 2.75) is 38.6 Å². The lowest BCUT2D eigenvalue weighted by Crippen LogP contribution is -2.41. The van der Waals surface area contributed by atoms with Crippen LogP contribution < -0.4 is 10.1 Å². The molecule has 2 N–H and O–H groups in total. The number of ether oxygens (including phenoxy) is 1. The van der Waals surface area contributed by atoms with E-state index in [1.165, 1.54) is 19.3 Å². The van der Waals surface area contributed by atoms with Gasteiger partial charge in [0.1, 0.15) is 5.75 Å². The van der Waals surface area contributed by atoms with Crippen molar-refractivity contribution in [2.75, 3.05) is 7.11 Å². The number of hydrogen-bond acceptors (Lipinski definition) is 3. The first-order valence-corrected chi connectivity index (χ1v) is 8.17. The van der Waals surface area contributed by atoms with Crippen LogP contribution in [0.5, 0.6) is 5.75 Å². The molecule has 1 fully saturated rings. The molecule has 1 aliphatic rings. The molecule has 1 saturated carbocycles. The van der Waals surface area contributed by atoms with E-state index in [2.05, 4.69) is 22.4 Å². The molecule has 1 aromatic heterocycles. The number of benzene rings is 1. The number of nitrogens with zero attached hydrogens (tertiary/aromatic N) is 1. The lowest BCUT2D eigenvalue weighted by atomic mass is 9.86. The summed E-state index contributed by atoms with van der Waals surface area (Å²) in [6.45, 7) is 2.21. The van der Waals surface area contributed by atoms with Crippen LogP contribution in [0.3, 0.4) is 0 Å². The topological polar surface area (TPSA) is 67.0 Å². The smallest absolute Gasteiger partial charge is 0.255 e. The Hall–Kier alpha value is -2.30. The van der Waals surface area contributed by atoms with Gasteiger partial charge in [0.05, 0.1) is 24.6 Å². The molecule has 0 radical (unpaired) electrons. The summed E-state index contributed by atoms with van der Waals surface area (Å²) in [6, 6.07) is 7.86. The van der Waals surface area contributed by atoms with Crippen molar-refractivity contribution >= 4 is 5.91 Å². The maximum absolute atomic E-state index is 12.6. The molecular formula is C18H23N3O2. The zero-order chi connectivity index (χ0) is 16.2. The third kappa shape index (κ3) is 3.38. The predicted octanol–water partition coefficient (Wildman–Crippen LogP) is 3.39. The summed E-state index contributed by atoms with van der Waals surface area (Å²) in [7, 11) is 1.63. The first-order chi connectivity index (χ1) is 11.2. The van der Waals surface area contributed by atoms with Crippen molar-refractivity contribution in [2.24, 2.45) is 5.92 Å². The minimum absolute atomic E-state index is 0.0525. The molecule has 1 heterocycles. The molecule has 1 aromatic carbocycles. The van der Waals surface area contributed by atoms with E-state index in [0.29, 0.717) is 11.5 Å². The average molecular weight is 313 g/mol. The lowest BCUT2D eigenvalue weighted by molar-refractivity contribution is 0.0911. The van der Waals surface area contributed by atoms with Crippen LogP contribution in [-0.4, -0.2) is 29.3 Å². The van der Waals surface area contributed by atoms with Crippen LogP contribution >= 0.6 is 0 Å². The Labute approximate surface area is 136 Å². The third-order valence-corrected chi connectivity index (χ3v) is 4.69. The number of H-pyrrole nitrogens is 1. The van der Waals surface area contributed by atoms with Crippen LogP contribution in [0.2, 0.25) is 0 Å². The third-order valence-electron chi connectivity index (χ3n) is 4.69. The highest BCUT2D eigenvalue weighted by Crippen LogP contribution is 2.26. The van der Waals surface area contributed by atoms with Gasteiger partial charge in [0.2, 0.25) is 0 Å². The first-order valence-electron chi connectivity index (χ1n) is 8.17. The van der Waals surface area contributed by atoms with Gasteiger partial charge in [-0.05, 0) is 43.0 Å². The van der Waals surface area contributed by atoms with Crippen LogP contribution in [0.4, 0.5) is 0 Å². The van der Waals surface area contributed by atoms with E-state index < -0.39 is 0 Å². The molecule has 3 rings (SSSR count). The van der Waals surface area contributed by atoms with Gasteiger partial charge in [0.15, 0.2) is 0 Å². The number of aromatic amines is 1. The molecule has 23 heavy (non-hydrogen) atoms. The van der Waals surface area contributed by atoms with Gasteiger partial charge < -0.3 is 10.1 Å². The van der Waals surface area contributed by atoms with Gasteiger partial charge in [0.25, 0.3) is 5.91 Å². The molecule has 0 aliphatic heterocycles. The molecule has 0 saturated heterocycles. The van der Waals surface area contributed by atoms with E-state index in [-0.39, 0.29) is 11.9 Å². The Morgan fingerprint density at radius 3 is 2.70 bits per heavy atom. The number of methoxy groups -OCH3 is 1. The molecule has 5 nitrogen and oxygen atoms in total. The van der Waals surface area contributed by atoms with Gasteiger partial charge in [0, 0.05) is 11.6 Å². The van der Waals surface area contributed by atoms with Crippen LogP contribution in [0.15, 0.2) is 30.5 Å². The van der Waals surface area contributed by atoms with Crippen molar-refractivity contribution in [3.63, 3.8) is 0 Å². The number of amides is 1. The molecule has 2 unspecified atom stereocenters.